The minimum atomic E-state index is -0.228. The van der Waals surface area contributed by atoms with E-state index in [4.69, 9.17) is 9.47 Å². The van der Waals surface area contributed by atoms with Crippen LogP contribution in [0.15, 0.2) is 30.3 Å². The van der Waals surface area contributed by atoms with Gasteiger partial charge in [0.05, 0.1) is 12.7 Å². The van der Waals surface area contributed by atoms with E-state index in [1.807, 2.05) is 30.3 Å². The van der Waals surface area contributed by atoms with Gasteiger partial charge in [-0.2, -0.15) is 0 Å². The highest BCUT2D eigenvalue weighted by Gasteiger charge is 2.25. The number of rotatable bonds is 4. The molecule has 1 aromatic carbocycles. The van der Waals surface area contributed by atoms with Gasteiger partial charge in [-0.15, -0.1) is 0 Å². The Morgan fingerprint density at radius 1 is 1.29 bits per heavy atom. The summed E-state index contributed by atoms with van der Waals surface area (Å²) in [5.41, 5.74) is 1.54. The van der Waals surface area contributed by atoms with E-state index >= 15 is 0 Å². The molecule has 1 aliphatic heterocycles. The lowest BCUT2D eigenvalue weighted by atomic mass is 10.0. The van der Waals surface area contributed by atoms with E-state index in [2.05, 4.69) is 6.92 Å². The van der Waals surface area contributed by atoms with Crippen molar-refractivity contribution < 1.29 is 14.3 Å². The van der Waals surface area contributed by atoms with E-state index in [0.717, 1.165) is 24.2 Å². The number of cyclic esters (lactones) is 1. The summed E-state index contributed by atoms with van der Waals surface area (Å²) < 4.78 is 10.3. The third-order valence-electron chi connectivity index (χ3n) is 2.81. The van der Waals surface area contributed by atoms with Crippen molar-refractivity contribution in [2.45, 2.75) is 25.9 Å². The van der Waals surface area contributed by atoms with E-state index < -0.39 is 0 Å². The summed E-state index contributed by atoms with van der Waals surface area (Å²) in [5, 5.41) is 0. The summed E-state index contributed by atoms with van der Waals surface area (Å²) in [7, 11) is 1.62. The largest absolute Gasteiger partial charge is 0.497 e. The molecule has 0 fully saturated rings. The molecule has 1 heterocycles. The second kappa shape index (κ2) is 5.04. The minimum Gasteiger partial charge on any atom is -0.497 e. The van der Waals surface area contributed by atoms with Gasteiger partial charge in [0.1, 0.15) is 11.9 Å². The van der Waals surface area contributed by atoms with Crippen LogP contribution < -0.4 is 4.74 Å². The molecule has 2 rings (SSSR count). The van der Waals surface area contributed by atoms with Crippen LogP contribution >= 0.6 is 0 Å². The van der Waals surface area contributed by atoms with Crippen LogP contribution in [-0.4, -0.2) is 19.2 Å². The highest BCUT2D eigenvalue weighted by atomic mass is 16.5. The predicted octanol–water partition coefficient (Wildman–Crippen LogP) is 2.80. The first-order valence-electron chi connectivity index (χ1n) is 5.82. The van der Waals surface area contributed by atoms with Gasteiger partial charge >= 0.3 is 5.97 Å². The van der Waals surface area contributed by atoms with Crippen LogP contribution in [0.3, 0.4) is 0 Å². The fraction of sp³-hybridized carbons (Fsp3) is 0.357. The average molecular weight is 232 g/mol. The second-order valence-corrected chi connectivity index (χ2v) is 4.04. The second-order valence-electron chi connectivity index (χ2n) is 4.04. The molecule has 0 bridgehead atoms. The molecule has 1 atom stereocenters. The number of carbonyl (C=O) groups excluding carboxylic acids is 1. The van der Waals surface area contributed by atoms with Crippen LogP contribution in [0.2, 0.25) is 0 Å². The fourth-order valence-corrected chi connectivity index (χ4v) is 1.90. The van der Waals surface area contributed by atoms with Crippen molar-refractivity contribution in [3.8, 4) is 5.75 Å². The average Bonchev–Trinajstić information content (AvgIpc) is 2.71. The quantitative estimate of drug-likeness (QED) is 0.749. The number of hydrogen-bond acceptors (Lipinski definition) is 3. The van der Waals surface area contributed by atoms with Crippen molar-refractivity contribution in [3.63, 3.8) is 0 Å². The molecule has 3 nitrogen and oxygen atoms in total. The van der Waals surface area contributed by atoms with Gasteiger partial charge in [-0.05, 0) is 30.2 Å². The maximum Gasteiger partial charge on any atom is 0.339 e. The Morgan fingerprint density at radius 2 is 2.00 bits per heavy atom. The van der Waals surface area contributed by atoms with Gasteiger partial charge in [0, 0.05) is 0 Å². The van der Waals surface area contributed by atoms with Gasteiger partial charge in [0.2, 0.25) is 0 Å². The van der Waals surface area contributed by atoms with Gasteiger partial charge in [-0.3, -0.25) is 0 Å². The lowest BCUT2D eigenvalue weighted by molar-refractivity contribution is -0.137. The fourth-order valence-electron chi connectivity index (χ4n) is 1.90. The third kappa shape index (κ3) is 2.49. The molecule has 0 aliphatic carbocycles. The van der Waals surface area contributed by atoms with Crippen LogP contribution in [0, 0.1) is 0 Å². The monoisotopic (exact) mass is 232 g/mol. The van der Waals surface area contributed by atoms with Gasteiger partial charge in [0.15, 0.2) is 0 Å². The summed E-state index contributed by atoms with van der Waals surface area (Å²) >= 11 is 0. The Hall–Kier alpha value is -1.77. The summed E-state index contributed by atoms with van der Waals surface area (Å²) in [6.07, 6.45) is 3.73. The molecule has 0 saturated heterocycles. The lowest BCUT2D eigenvalue weighted by Gasteiger charge is -2.04. The molecular formula is C14H16O3. The number of hydrogen-bond donors (Lipinski definition) is 0. The Kier molecular flexibility index (Phi) is 3.47. The molecule has 0 N–H and O–H groups in total. The summed E-state index contributed by atoms with van der Waals surface area (Å²) in [4.78, 5) is 11.7. The Bertz CT molecular complexity index is 431. The van der Waals surface area contributed by atoms with Crippen LogP contribution in [0.25, 0.3) is 5.57 Å². The Morgan fingerprint density at radius 3 is 2.59 bits per heavy atom. The highest BCUT2D eigenvalue weighted by molar-refractivity contribution is 6.18. The van der Waals surface area contributed by atoms with Crippen LogP contribution in [0.5, 0.6) is 5.75 Å². The first-order valence-corrected chi connectivity index (χ1v) is 5.82. The number of carbonyl (C=O) groups is 1. The molecule has 0 amide bonds. The molecule has 1 aliphatic rings. The zero-order valence-electron chi connectivity index (χ0n) is 10.1. The zero-order chi connectivity index (χ0) is 12.3. The number of benzene rings is 1. The van der Waals surface area contributed by atoms with E-state index in [1.165, 1.54) is 0 Å². The van der Waals surface area contributed by atoms with Gasteiger partial charge in [-0.1, -0.05) is 25.5 Å². The minimum absolute atomic E-state index is 0.0652. The van der Waals surface area contributed by atoms with Gasteiger partial charge in [-0.25, -0.2) is 4.79 Å². The lowest BCUT2D eigenvalue weighted by Crippen LogP contribution is -2.07. The molecule has 1 aromatic rings. The van der Waals surface area contributed by atoms with Crippen LogP contribution in [0.4, 0.5) is 0 Å². The smallest absolute Gasteiger partial charge is 0.339 e. The van der Waals surface area contributed by atoms with E-state index in [-0.39, 0.29) is 12.1 Å². The Labute approximate surface area is 101 Å². The first kappa shape index (κ1) is 11.7. The third-order valence-corrected chi connectivity index (χ3v) is 2.81. The molecular weight excluding hydrogens is 216 g/mol. The SMILES string of the molecule is CCCC1C=C(c2ccc(OC)cc2)C(=O)O1. The highest BCUT2D eigenvalue weighted by Crippen LogP contribution is 2.27. The summed E-state index contributed by atoms with van der Waals surface area (Å²) in [6.45, 7) is 2.08. The molecule has 0 saturated carbocycles. The predicted molar refractivity (Wildman–Crippen MR) is 65.8 cm³/mol. The maximum atomic E-state index is 11.7. The Balaban J connectivity index is 2.20. The number of ether oxygens (including phenoxy) is 2. The molecule has 0 aromatic heterocycles. The van der Waals surface area contributed by atoms with E-state index in [9.17, 15) is 4.79 Å². The van der Waals surface area contributed by atoms with Crippen molar-refractivity contribution in [3.05, 3.63) is 35.9 Å². The molecule has 17 heavy (non-hydrogen) atoms. The molecule has 0 spiro atoms. The molecule has 0 radical (unpaired) electrons. The number of methoxy groups -OCH3 is 1. The van der Waals surface area contributed by atoms with Crippen molar-refractivity contribution in [1.29, 1.82) is 0 Å². The van der Waals surface area contributed by atoms with E-state index in [1.54, 1.807) is 7.11 Å². The molecule has 1 unspecified atom stereocenters. The standard InChI is InChI=1S/C14H16O3/c1-3-4-12-9-13(14(15)17-12)10-5-7-11(16-2)8-6-10/h5-9,12H,3-4H2,1-2H3. The van der Waals surface area contributed by atoms with Crippen LogP contribution in [-0.2, 0) is 9.53 Å². The maximum absolute atomic E-state index is 11.7. The van der Waals surface area contributed by atoms with Crippen molar-refractivity contribution in [2.75, 3.05) is 7.11 Å². The van der Waals surface area contributed by atoms with Gasteiger partial charge in [0.25, 0.3) is 0 Å². The summed E-state index contributed by atoms with van der Waals surface area (Å²) in [6, 6.07) is 7.44. The first-order chi connectivity index (χ1) is 8.24. The summed E-state index contributed by atoms with van der Waals surface area (Å²) in [5.74, 6) is 0.555. The van der Waals surface area contributed by atoms with E-state index in [0.29, 0.717) is 5.57 Å². The van der Waals surface area contributed by atoms with Gasteiger partial charge < -0.3 is 9.47 Å². The van der Waals surface area contributed by atoms with Crippen LogP contribution in [0.1, 0.15) is 25.3 Å². The zero-order valence-corrected chi connectivity index (χ0v) is 10.1. The normalized spacial score (nSPS) is 18.8. The number of esters is 1. The van der Waals surface area contributed by atoms with Crippen molar-refractivity contribution >= 4 is 11.5 Å². The van der Waals surface area contributed by atoms with Crippen molar-refractivity contribution in [1.82, 2.24) is 0 Å². The topological polar surface area (TPSA) is 35.5 Å². The molecule has 3 heteroatoms. The molecule has 90 valence electrons. The van der Waals surface area contributed by atoms with Crippen molar-refractivity contribution in [2.24, 2.45) is 0 Å².